The molecule has 4 N–H and O–H groups in total. The molecule has 0 aliphatic rings. The van der Waals surface area contributed by atoms with Crippen LogP contribution in [0.3, 0.4) is 0 Å². The molecule has 0 heterocycles. The number of primary amides is 1. The van der Waals surface area contributed by atoms with Gasteiger partial charge < -0.3 is 21.1 Å². The van der Waals surface area contributed by atoms with Crippen LogP contribution in [0.2, 0.25) is 0 Å². The number of aliphatic imine (C=N–C) groups is 1. The minimum Gasteiger partial charge on any atom is -0.492 e. The summed E-state index contributed by atoms with van der Waals surface area (Å²) < 4.78 is 5.66. The van der Waals surface area contributed by atoms with Gasteiger partial charge in [0.1, 0.15) is 12.4 Å². The highest BCUT2D eigenvalue weighted by molar-refractivity contribution is 14.0. The molecular weight excluding hydrogens is 443 g/mol. The highest BCUT2D eigenvalue weighted by Crippen LogP contribution is 2.10. The van der Waals surface area contributed by atoms with Crippen LogP contribution in [0.4, 0.5) is 0 Å². The van der Waals surface area contributed by atoms with Gasteiger partial charge in [-0.05, 0) is 36.8 Å². The fraction of sp³-hybridized carbons (Fsp3) is 0.263. The first kappa shape index (κ1) is 21.8. The number of guanidine groups is 1. The van der Waals surface area contributed by atoms with Gasteiger partial charge in [-0.2, -0.15) is 0 Å². The number of rotatable bonds is 7. The lowest BCUT2D eigenvalue weighted by Gasteiger charge is -2.13. The van der Waals surface area contributed by atoms with Crippen molar-refractivity contribution in [1.82, 2.24) is 10.6 Å². The summed E-state index contributed by atoms with van der Waals surface area (Å²) in [5.74, 6) is 1.08. The lowest BCUT2D eigenvalue weighted by Crippen LogP contribution is -2.38. The molecule has 0 unspecified atom stereocenters. The molecule has 1 amide bonds. The Kier molecular flexibility index (Phi) is 9.50. The van der Waals surface area contributed by atoms with Crippen molar-refractivity contribution in [2.75, 3.05) is 20.2 Å². The molecule has 140 valence electrons. The lowest BCUT2D eigenvalue weighted by atomic mass is 10.1. The fourth-order valence-corrected chi connectivity index (χ4v) is 2.21. The molecule has 2 aromatic rings. The first-order valence-corrected chi connectivity index (χ1v) is 8.11. The Hall–Kier alpha value is -2.29. The predicted molar refractivity (Wildman–Crippen MR) is 115 cm³/mol. The number of nitrogens with two attached hydrogens (primary N) is 1. The quantitative estimate of drug-likeness (QED) is 0.252. The standard InChI is InChI=1S/C19H24N4O2.HI/c1-14-6-8-17(9-7-14)25-11-10-22-19(21-2)23-13-15-4-3-5-16(12-15)18(20)24;/h3-9,12H,10-11,13H2,1-2H3,(H2,20,24)(H2,21,22,23);1H. The summed E-state index contributed by atoms with van der Waals surface area (Å²) in [6.45, 7) is 3.73. The van der Waals surface area contributed by atoms with Crippen molar-refractivity contribution in [3.05, 3.63) is 65.2 Å². The van der Waals surface area contributed by atoms with Gasteiger partial charge in [0.05, 0.1) is 6.54 Å². The highest BCUT2D eigenvalue weighted by Gasteiger charge is 2.03. The smallest absolute Gasteiger partial charge is 0.248 e. The van der Waals surface area contributed by atoms with Crippen molar-refractivity contribution in [2.24, 2.45) is 10.7 Å². The summed E-state index contributed by atoms with van der Waals surface area (Å²) >= 11 is 0. The van der Waals surface area contributed by atoms with E-state index in [1.54, 1.807) is 19.2 Å². The minimum atomic E-state index is -0.433. The monoisotopic (exact) mass is 468 g/mol. The summed E-state index contributed by atoms with van der Waals surface area (Å²) in [4.78, 5) is 15.4. The van der Waals surface area contributed by atoms with Gasteiger partial charge in [0, 0.05) is 19.2 Å². The topological polar surface area (TPSA) is 88.7 Å². The first-order valence-electron chi connectivity index (χ1n) is 8.11. The Bertz CT molecular complexity index is 733. The van der Waals surface area contributed by atoms with Crippen LogP contribution in [-0.4, -0.2) is 32.1 Å². The molecule has 0 aliphatic heterocycles. The number of nitrogens with one attached hydrogen (secondary N) is 2. The zero-order chi connectivity index (χ0) is 18.1. The summed E-state index contributed by atoms with van der Waals surface area (Å²) in [5, 5.41) is 6.37. The zero-order valence-electron chi connectivity index (χ0n) is 15.0. The van der Waals surface area contributed by atoms with E-state index >= 15 is 0 Å². The molecule has 2 aromatic carbocycles. The normalized spacial score (nSPS) is 10.6. The van der Waals surface area contributed by atoms with Crippen LogP contribution in [0.25, 0.3) is 0 Å². The largest absolute Gasteiger partial charge is 0.492 e. The van der Waals surface area contributed by atoms with Gasteiger partial charge in [-0.25, -0.2) is 0 Å². The van der Waals surface area contributed by atoms with Crippen molar-refractivity contribution in [2.45, 2.75) is 13.5 Å². The number of nitrogens with zero attached hydrogens (tertiary/aromatic N) is 1. The van der Waals surface area contributed by atoms with Gasteiger partial charge in [-0.3, -0.25) is 9.79 Å². The van der Waals surface area contributed by atoms with Gasteiger partial charge in [0.25, 0.3) is 0 Å². The number of carbonyl (C=O) groups excluding carboxylic acids is 1. The van der Waals surface area contributed by atoms with Crippen LogP contribution in [0.5, 0.6) is 5.75 Å². The molecule has 0 bridgehead atoms. The molecule has 7 heteroatoms. The van der Waals surface area contributed by atoms with Gasteiger partial charge in [-0.15, -0.1) is 24.0 Å². The Morgan fingerprint density at radius 2 is 1.88 bits per heavy atom. The van der Waals surface area contributed by atoms with Crippen LogP contribution in [0.15, 0.2) is 53.5 Å². The maximum atomic E-state index is 11.2. The third kappa shape index (κ3) is 7.30. The van der Waals surface area contributed by atoms with Crippen molar-refractivity contribution in [3.63, 3.8) is 0 Å². The number of amides is 1. The second-order valence-electron chi connectivity index (χ2n) is 5.58. The molecule has 0 saturated heterocycles. The SMILES string of the molecule is CN=C(NCCOc1ccc(C)cc1)NCc1cccc(C(N)=O)c1.I. The predicted octanol–water partition coefficient (Wildman–Crippen LogP) is 2.46. The average molecular weight is 468 g/mol. The Morgan fingerprint density at radius 3 is 2.54 bits per heavy atom. The van der Waals surface area contributed by atoms with Gasteiger partial charge >= 0.3 is 0 Å². The molecule has 0 spiro atoms. The Labute approximate surface area is 171 Å². The Morgan fingerprint density at radius 1 is 1.15 bits per heavy atom. The van der Waals surface area contributed by atoms with Gasteiger partial charge in [0.2, 0.25) is 5.91 Å². The van der Waals surface area contributed by atoms with Gasteiger partial charge in [-0.1, -0.05) is 29.8 Å². The van der Waals surface area contributed by atoms with Crippen molar-refractivity contribution in [1.29, 1.82) is 0 Å². The molecule has 0 fully saturated rings. The average Bonchev–Trinajstić information content (AvgIpc) is 2.63. The maximum Gasteiger partial charge on any atom is 0.248 e. The molecule has 0 aliphatic carbocycles. The van der Waals surface area contributed by atoms with Crippen molar-refractivity contribution < 1.29 is 9.53 Å². The number of hydrogen-bond acceptors (Lipinski definition) is 3. The summed E-state index contributed by atoms with van der Waals surface area (Å²) in [5.41, 5.74) is 7.94. The third-order valence-corrected chi connectivity index (χ3v) is 3.58. The molecule has 0 radical (unpaired) electrons. The fourth-order valence-electron chi connectivity index (χ4n) is 2.21. The molecule has 26 heavy (non-hydrogen) atoms. The van der Waals surface area contributed by atoms with Crippen LogP contribution in [-0.2, 0) is 6.54 Å². The number of aryl methyl sites for hydroxylation is 1. The molecule has 6 nitrogen and oxygen atoms in total. The van der Waals surface area contributed by atoms with Crippen molar-refractivity contribution in [3.8, 4) is 5.75 Å². The number of halogens is 1. The maximum absolute atomic E-state index is 11.2. The number of ether oxygens (including phenoxy) is 1. The number of benzene rings is 2. The zero-order valence-corrected chi connectivity index (χ0v) is 17.3. The van der Waals surface area contributed by atoms with Crippen LogP contribution in [0.1, 0.15) is 21.5 Å². The molecular formula is C19H25IN4O2. The van der Waals surface area contributed by atoms with E-state index in [0.717, 1.165) is 11.3 Å². The van der Waals surface area contributed by atoms with Crippen molar-refractivity contribution >= 4 is 35.8 Å². The Balaban J connectivity index is 0.00000338. The molecule has 0 saturated carbocycles. The van der Waals surface area contributed by atoms with Gasteiger partial charge in [0.15, 0.2) is 5.96 Å². The van der Waals surface area contributed by atoms with Crippen LogP contribution >= 0.6 is 24.0 Å². The second-order valence-corrected chi connectivity index (χ2v) is 5.58. The van der Waals surface area contributed by atoms with E-state index in [-0.39, 0.29) is 24.0 Å². The summed E-state index contributed by atoms with van der Waals surface area (Å²) in [6.07, 6.45) is 0. The van der Waals surface area contributed by atoms with E-state index in [1.165, 1.54) is 5.56 Å². The van der Waals surface area contributed by atoms with E-state index < -0.39 is 5.91 Å². The lowest BCUT2D eigenvalue weighted by molar-refractivity contribution is 0.1000. The molecule has 2 rings (SSSR count). The molecule has 0 aromatic heterocycles. The van der Waals surface area contributed by atoms with E-state index in [4.69, 9.17) is 10.5 Å². The van der Waals surface area contributed by atoms with E-state index in [1.807, 2.05) is 43.3 Å². The van der Waals surface area contributed by atoms with E-state index in [9.17, 15) is 4.79 Å². The third-order valence-electron chi connectivity index (χ3n) is 3.58. The number of hydrogen-bond donors (Lipinski definition) is 3. The van der Waals surface area contributed by atoms with E-state index in [2.05, 4.69) is 15.6 Å². The van der Waals surface area contributed by atoms with E-state index in [0.29, 0.717) is 31.2 Å². The highest BCUT2D eigenvalue weighted by atomic mass is 127. The minimum absolute atomic E-state index is 0. The van der Waals surface area contributed by atoms with Crippen LogP contribution in [0, 0.1) is 6.92 Å². The summed E-state index contributed by atoms with van der Waals surface area (Å²) in [7, 11) is 1.70. The van der Waals surface area contributed by atoms with Crippen LogP contribution < -0.4 is 21.1 Å². The second kappa shape index (κ2) is 11.3. The number of carbonyl (C=O) groups is 1. The first-order chi connectivity index (χ1) is 12.1. The summed E-state index contributed by atoms with van der Waals surface area (Å²) in [6, 6.07) is 15.1. The molecule has 0 atom stereocenters.